The molecule has 0 bridgehead atoms. The van der Waals surface area contributed by atoms with Gasteiger partial charge < -0.3 is 23.3 Å². The summed E-state index contributed by atoms with van der Waals surface area (Å²) in [5.41, 5.74) is -1.29. The van der Waals surface area contributed by atoms with E-state index in [4.69, 9.17) is 23.3 Å². The van der Waals surface area contributed by atoms with Crippen LogP contribution in [-0.4, -0.2) is 44.3 Å². The summed E-state index contributed by atoms with van der Waals surface area (Å²) in [5, 5.41) is 2.59. The van der Waals surface area contributed by atoms with Gasteiger partial charge in [0.1, 0.15) is 23.0 Å². The normalized spacial score (nSPS) is 14.6. The molecule has 0 saturated carbocycles. The summed E-state index contributed by atoms with van der Waals surface area (Å²) >= 11 is 0. The predicted molar refractivity (Wildman–Crippen MR) is 130 cm³/mol. The van der Waals surface area contributed by atoms with Gasteiger partial charge in [-0.25, -0.2) is 4.57 Å². The molecule has 12 heteroatoms. The van der Waals surface area contributed by atoms with E-state index < -0.39 is 31.0 Å². The van der Waals surface area contributed by atoms with Gasteiger partial charge in [0.05, 0.1) is 6.10 Å². The minimum atomic E-state index is -4.27. The number of hydrogen-bond acceptors (Lipinski definition) is 10. The highest BCUT2D eigenvalue weighted by Crippen LogP contribution is 2.45. The Labute approximate surface area is 206 Å². The standard InChI is InChI=1S/C23H35N4O7P/c1-15(2)30-18(28)16(3)27-35(29,33-17-13-11-10-12-14-17)34-21-25-19(31-22(4,5)6)24-20(26-21)32-23(7,8)9/h10-16H,1-9H3,(H,27,29)/t16-,35-/m0/s1. The molecule has 1 aromatic heterocycles. The first kappa shape index (κ1) is 28.3. The Bertz CT molecular complexity index is 1000. The summed E-state index contributed by atoms with van der Waals surface area (Å²) in [6.07, 6.45) is -0.361. The van der Waals surface area contributed by atoms with Crippen molar-refractivity contribution in [1.82, 2.24) is 20.0 Å². The van der Waals surface area contributed by atoms with E-state index in [1.165, 1.54) is 6.92 Å². The van der Waals surface area contributed by atoms with Crippen molar-refractivity contribution in [1.29, 1.82) is 0 Å². The number of aromatic nitrogens is 3. The molecule has 2 atom stereocenters. The fourth-order valence-corrected chi connectivity index (χ4v) is 3.84. The minimum Gasteiger partial charge on any atom is -0.462 e. The Kier molecular flexibility index (Phi) is 9.08. The van der Waals surface area contributed by atoms with E-state index in [1.54, 1.807) is 44.2 Å². The third-order valence-corrected chi connectivity index (χ3v) is 5.15. The summed E-state index contributed by atoms with van der Waals surface area (Å²) < 4.78 is 41.8. The number of hydrogen-bond donors (Lipinski definition) is 1. The zero-order chi connectivity index (χ0) is 26.4. The van der Waals surface area contributed by atoms with Gasteiger partial charge >= 0.3 is 31.7 Å². The summed E-state index contributed by atoms with van der Waals surface area (Å²) in [6, 6.07) is 6.73. The van der Waals surface area contributed by atoms with Gasteiger partial charge in [-0.1, -0.05) is 18.2 Å². The first-order valence-electron chi connectivity index (χ1n) is 11.2. The Hall–Kier alpha value is -2.91. The van der Waals surface area contributed by atoms with Crippen molar-refractivity contribution in [2.75, 3.05) is 0 Å². The van der Waals surface area contributed by atoms with Crippen molar-refractivity contribution in [3.63, 3.8) is 0 Å². The lowest BCUT2D eigenvalue weighted by atomic mass is 10.2. The third kappa shape index (κ3) is 10.5. The maximum Gasteiger partial charge on any atom is 0.516 e. The first-order chi connectivity index (χ1) is 16.0. The van der Waals surface area contributed by atoms with Crippen LogP contribution in [0.4, 0.5) is 0 Å². The number of rotatable bonds is 10. The summed E-state index contributed by atoms with van der Waals surface area (Å²) in [4.78, 5) is 24.8. The van der Waals surface area contributed by atoms with E-state index in [0.29, 0.717) is 0 Å². The van der Waals surface area contributed by atoms with Crippen LogP contribution in [0.3, 0.4) is 0 Å². The molecule has 1 N–H and O–H groups in total. The van der Waals surface area contributed by atoms with Gasteiger partial charge in [0.2, 0.25) is 0 Å². The highest BCUT2D eigenvalue weighted by molar-refractivity contribution is 7.52. The van der Waals surface area contributed by atoms with E-state index in [9.17, 15) is 9.36 Å². The molecule has 0 fully saturated rings. The average Bonchev–Trinajstić information content (AvgIpc) is 2.64. The summed E-state index contributed by atoms with van der Waals surface area (Å²) in [5.74, 6) is -0.399. The Morgan fingerprint density at radius 1 is 0.829 bits per heavy atom. The highest BCUT2D eigenvalue weighted by atomic mass is 31.2. The van der Waals surface area contributed by atoms with Crippen molar-refractivity contribution < 1.29 is 32.6 Å². The van der Waals surface area contributed by atoms with E-state index in [-0.39, 0.29) is 29.9 Å². The molecule has 35 heavy (non-hydrogen) atoms. The van der Waals surface area contributed by atoms with Gasteiger partial charge in [-0.15, -0.1) is 15.0 Å². The number of carbonyl (C=O) groups is 1. The van der Waals surface area contributed by atoms with Crippen LogP contribution in [0.1, 0.15) is 62.3 Å². The Balaban J connectivity index is 2.44. The number of nitrogens with one attached hydrogen (secondary N) is 1. The summed E-state index contributed by atoms with van der Waals surface area (Å²) in [6.45, 7) is 15.8. The van der Waals surface area contributed by atoms with E-state index in [2.05, 4.69) is 20.0 Å². The molecule has 0 aliphatic heterocycles. The van der Waals surface area contributed by atoms with E-state index in [0.717, 1.165) is 0 Å². The number of nitrogens with zero attached hydrogens (tertiary/aromatic N) is 3. The lowest BCUT2D eigenvalue weighted by molar-refractivity contribution is -0.149. The maximum atomic E-state index is 13.8. The molecule has 2 aromatic rings. The van der Waals surface area contributed by atoms with Gasteiger partial charge in [-0.3, -0.25) is 4.79 Å². The lowest BCUT2D eigenvalue weighted by Crippen LogP contribution is -2.37. The molecule has 0 amide bonds. The SMILES string of the molecule is CC(C)OC(=O)[C@H](C)N[P@](=O)(Oc1ccccc1)Oc1nc(OC(C)(C)C)nc(OC(C)(C)C)n1. The summed E-state index contributed by atoms with van der Waals surface area (Å²) in [7, 11) is -4.27. The molecular formula is C23H35N4O7P. The quantitative estimate of drug-likeness (QED) is 0.352. The number of esters is 1. The van der Waals surface area contributed by atoms with Crippen molar-refractivity contribution in [2.24, 2.45) is 0 Å². The molecule has 0 radical (unpaired) electrons. The highest BCUT2D eigenvalue weighted by Gasteiger charge is 2.36. The molecular weight excluding hydrogens is 475 g/mol. The fourth-order valence-electron chi connectivity index (χ4n) is 2.42. The second-order valence-corrected chi connectivity index (χ2v) is 11.6. The molecule has 0 aliphatic rings. The van der Waals surface area contributed by atoms with Gasteiger partial charge in [0.25, 0.3) is 0 Å². The van der Waals surface area contributed by atoms with Crippen LogP contribution in [0.5, 0.6) is 23.8 Å². The van der Waals surface area contributed by atoms with Crippen molar-refractivity contribution >= 4 is 13.7 Å². The third-order valence-electron chi connectivity index (χ3n) is 3.60. The largest absolute Gasteiger partial charge is 0.516 e. The second kappa shape index (κ2) is 11.2. The van der Waals surface area contributed by atoms with Crippen LogP contribution in [0.25, 0.3) is 0 Å². The molecule has 11 nitrogen and oxygen atoms in total. The lowest BCUT2D eigenvalue weighted by Gasteiger charge is -2.24. The maximum absolute atomic E-state index is 13.8. The molecule has 0 aliphatic carbocycles. The van der Waals surface area contributed by atoms with Gasteiger partial charge in [0, 0.05) is 0 Å². The minimum absolute atomic E-state index is 0.0970. The van der Waals surface area contributed by atoms with Crippen LogP contribution in [0.15, 0.2) is 30.3 Å². The van der Waals surface area contributed by atoms with E-state index in [1.807, 2.05) is 41.5 Å². The van der Waals surface area contributed by atoms with Crippen LogP contribution in [-0.2, 0) is 14.1 Å². The van der Waals surface area contributed by atoms with Gasteiger partial charge in [-0.05, 0) is 74.4 Å². The number of benzene rings is 1. The van der Waals surface area contributed by atoms with Crippen molar-refractivity contribution in [3.05, 3.63) is 30.3 Å². The Morgan fingerprint density at radius 3 is 1.77 bits per heavy atom. The van der Waals surface area contributed by atoms with Gasteiger partial charge in [0.15, 0.2) is 0 Å². The Morgan fingerprint density at radius 2 is 1.31 bits per heavy atom. The average molecular weight is 511 g/mol. The topological polar surface area (TPSA) is 131 Å². The zero-order valence-corrected chi connectivity index (χ0v) is 22.6. The van der Waals surface area contributed by atoms with Crippen LogP contribution in [0.2, 0.25) is 0 Å². The molecule has 0 saturated heterocycles. The molecule has 0 unspecified atom stereocenters. The monoisotopic (exact) mass is 510 g/mol. The molecule has 194 valence electrons. The van der Waals surface area contributed by atoms with Crippen LogP contribution >= 0.6 is 7.75 Å². The predicted octanol–water partition coefficient (Wildman–Crippen LogP) is 4.72. The van der Waals surface area contributed by atoms with Crippen LogP contribution < -0.4 is 23.6 Å². The second-order valence-electron chi connectivity index (χ2n) is 9.94. The number of para-hydroxylation sites is 1. The number of ether oxygens (including phenoxy) is 3. The van der Waals surface area contributed by atoms with Crippen LogP contribution in [0, 0.1) is 0 Å². The van der Waals surface area contributed by atoms with Crippen molar-refractivity contribution in [3.8, 4) is 23.8 Å². The molecule has 1 aromatic carbocycles. The first-order valence-corrected chi connectivity index (χ1v) is 12.7. The van der Waals surface area contributed by atoms with Crippen molar-refractivity contribution in [2.45, 2.75) is 85.7 Å². The molecule has 1 heterocycles. The molecule has 0 spiro atoms. The smallest absolute Gasteiger partial charge is 0.462 e. The van der Waals surface area contributed by atoms with E-state index >= 15 is 0 Å². The van der Waals surface area contributed by atoms with Gasteiger partial charge in [-0.2, -0.15) is 5.09 Å². The fraction of sp³-hybridized carbons (Fsp3) is 0.565. The molecule has 2 rings (SSSR count). The number of carbonyl (C=O) groups excluding carboxylic acids is 1. The zero-order valence-electron chi connectivity index (χ0n) is 21.7.